The average Bonchev–Trinajstić information content (AvgIpc) is 2.37. The van der Waals surface area contributed by atoms with Gasteiger partial charge in [0.15, 0.2) is 0 Å². The number of carboxylic acids is 1. The highest BCUT2D eigenvalue weighted by molar-refractivity contribution is 9.10. The maximum Gasteiger partial charge on any atom is 0.338 e. The first kappa shape index (κ1) is 14.8. The van der Waals surface area contributed by atoms with E-state index in [4.69, 9.17) is 21.4 Å². The molecule has 0 unspecified atom stereocenters. The second-order valence-corrected chi connectivity index (χ2v) is 5.27. The summed E-state index contributed by atoms with van der Waals surface area (Å²) in [4.78, 5) is 10.7. The average molecular weight is 360 g/mol. The summed E-state index contributed by atoms with van der Waals surface area (Å²) in [6.07, 6.45) is 0. The fraction of sp³-hybridized carbons (Fsp3) is 0.0714. The molecule has 0 radical (unpaired) electrons. The molecule has 1 N–H and O–H groups in total. The third kappa shape index (κ3) is 3.49. The molecule has 3 nitrogen and oxygen atoms in total. The van der Waals surface area contributed by atoms with Crippen LogP contribution in [0.15, 0.2) is 40.9 Å². The Morgan fingerprint density at radius 1 is 1.30 bits per heavy atom. The van der Waals surface area contributed by atoms with E-state index in [0.29, 0.717) is 20.8 Å². The van der Waals surface area contributed by atoms with Gasteiger partial charge in [0.1, 0.15) is 18.2 Å². The molecule has 0 heterocycles. The molecule has 6 heteroatoms. The van der Waals surface area contributed by atoms with Gasteiger partial charge in [-0.3, -0.25) is 0 Å². The van der Waals surface area contributed by atoms with E-state index in [1.54, 1.807) is 18.2 Å². The third-order valence-corrected chi connectivity index (χ3v) is 3.41. The highest BCUT2D eigenvalue weighted by Gasteiger charge is 2.11. The Balaban J connectivity index is 2.11. The summed E-state index contributed by atoms with van der Waals surface area (Å²) < 4.78 is 19.7. The van der Waals surface area contributed by atoms with Crippen LogP contribution in [0.3, 0.4) is 0 Å². The van der Waals surface area contributed by atoms with Gasteiger partial charge in [-0.1, -0.05) is 17.7 Å². The zero-order valence-corrected chi connectivity index (χ0v) is 12.4. The zero-order valence-electron chi connectivity index (χ0n) is 10.1. The van der Waals surface area contributed by atoms with Gasteiger partial charge in [0.05, 0.1) is 10.0 Å². The lowest BCUT2D eigenvalue weighted by molar-refractivity contribution is 0.0692. The van der Waals surface area contributed by atoms with Crippen LogP contribution in [0.4, 0.5) is 4.39 Å². The largest absolute Gasteiger partial charge is 0.488 e. The first-order valence-electron chi connectivity index (χ1n) is 5.57. The predicted molar refractivity (Wildman–Crippen MR) is 76.8 cm³/mol. The minimum atomic E-state index is -1.30. The van der Waals surface area contributed by atoms with Crippen molar-refractivity contribution in [2.24, 2.45) is 0 Å². The van der Waals surface area contributed by atoms with E-state index in [-0.39, 0.29) is 12.2 Å². The Morgan fingerprint density at radius 2 is 2.05 bits per heavy atom. The summed E-state index contributed by atoms with van der Waals surface area (Å²) in [7, 11) is 0. The molecule has 0 aliphatic carbocycles. The molecule has 0 aromatic heterocycles. The Bertz CT molecular complexity index is 661. The van der Waals surface area contributed by atoms with Crippen LogP contribution in [0.5, 0.6) is 5.75 Å². The van der Waals surface area contributed by atoms with Gasteiger partial charge in [-0.15, -0.1) is 0 Å². The van der Waals surface area contributed by atoms with E-state index >= 15 is 0 Å². The lowest BCUT2D eigenvalue weighted by atomic mass is 10.1. The van der Waals surface area contributed by atoms with E-state index in [0.717, 1.165) is 6.07 Å². The summed E-state index contributed by atoms with van der Waals surface area (Å²) in [6, 6.07) is 8.92. The lowest BCUT2D eigenvalue weighted by Gasteiger charge is -2.09. The minimum absolute atomic E-state index is 0.122. The number of ether oxygens (including phenoxy) is 1. The van der Waals surface area contributed by atoms with Gasteiger partial charge in [-0.05, 0) is 51.8 Å². The van der Waals surface area contributed by atoms with Crippen LogP contribution < -0.4 is 4.74 Å². The van der Waals surface area contributed by atoms with Gasteiger partial charge in [0.25, 0.3) is 0 Å². The SMILES string of the molecule is O=C(O)c1ccc(COc2ccc(Cl)cc2Br)cc1F. The first-order valence-corrected chi connectivity index (χ1v) is 6.74. The summed E-state index contributed by atoms with van der Waals surface area (Å²) in [5.74, 6) is -1.51. The maximum atomic E-state index is 13.5. The van der Waals surface area contributed by atoms with Gasteiger partial charge >= 0.3 is 5.97 Å². The van der Waals surface area contributed by atoms with Crippen LogP contribution in [0.1, 0.15) is 15.9 Å². The number of hydrogen-bond acceptors (Lipinski definition) is 2. The van der Waals surface area contributed by atoms with Crippen molar-refractivity contribution < 1.29 is 19.0 Å². The molecule has 20 heavy (non-hydrogen) atoms. The van der Waals surface area contributed by atoms with Crippen LogP contribution in [0.2, 0.25) is 5.02 Å². The van der Waals surface area contributed by atoms with Crippen LogP contribution in [0.25, 0.3) is 0 Å². The molecular weight excluding hydrogens is 351 g/mol. The van der Waals surface area contributed by atoms with Crippen molar-refractivity contribution in [2.75, 3.05) is 0 Å². The molecule has 0 bridgehead atoms. The van der Waals surface area contributed by atoms with Crippen LogP contribution in [0, 0.1) is 5.82 Å². The third-order valence-electron chi connectivity index (χ3n) is 2.55. The topological polar surface area (TPSA) is 46.5 Å². The molecule has 0 atom stereocenters. The molecule has 0 fully saturated rings. The van der Waals surface area contributed by atoms with E-state index in [9.17, 15) is 9.18 Å². The molecule has 0 spiro atoms. The molecule has 104 valence electrons. The standard InChI is InChI=1S/C14H9BrClFO3/c15-11-6-9(16)2-4-13(11)20-7-8-1-3-10(14(18)19)12(17)5-8/h1-6H,7H2,(H,18,19). The molecule has 2 aromatic rings. The van der Waals surface area contributed by atoms with Crippen LogP contribution in [-0.2, 0) is 6.61 Å². The van der Waals surface area contributed by atoms with E-state index in [2.05, 4.69) is 15.9 Å². The quantitative estimate of drug-likeness (QED) is 0.873. The molecule has 0 saturated heterocycles. The molecule has 0 amide bonds. The van der Waals surface area contributed by atoms with Gasteiger partial charge in [0.2, 0.25) is 0 Å². The molecular formula is C14H9BrClFO3. The Hall–Kier alpha value is -1.59. The number of carbonyl (C=O) groups is 1. The molecule has 0 aliphatic heterocycles. The first-order chi connectivity index (χ1) is 9.47. The normalized spacial score (nSPS) is 10.3. The van der Waals surface area contributed by atoms with Crippen molar-refractivity contribution in [3.8, 4) is 5.75 Å². The highest BCUT2D eigenvalue weighted by Crippen LogP contribution is 2.28. The van der Waals surface area contributed by atoms with E-state index in [1.807, 2.05) is 0 Å². The number of hydrogen-bond donors (Lipinski definition) is 1. The molecule has 0 saturated carbocycles. The van der Waals surface area contributed by atoms with Gasteiger partial charge < -0.3 is 9.84 Å². The fourth-order valence-electron chi connectivity index (χ4n) is 1.58. The van der Waals surface area contributed by atoms with Crippen molar-refractivity contribution in [3.63, 3.8) is 0 Å². The second-order valence-electron chi connectivity index (χ2n) is 3.98. The van der Waals surface area contributed by atoms with Crippen molar-refractivity contribution in [1.29, 1.82) is 0 Å². The monoisotopic (exact) mass is 358 g/mol. The lowest BCUT2D eigenvalue weighted by Crippen LogP contribution is -2.03. The van der Waals surface area contributed by atoms with Gasteiger partial charge in [-0.25, -0.2) is 9.18 Å². The summed E-state index contributed by atoms with van der Waals surface area (Å²) in [6.45, 7) is 0.122. The van der Waals surface area contributed by atoms with Crippen molar-refractivity contribution in [1.82, 2.24) is 0 Å². The maximum absolute atomic E-state index is 13.5. The molecule has 2 aromatic carbocycles. The molecule has 2 rings (SSSR count). The van der Waals surface area contributed by atoms with Crippen LogP contribution >= 0.6 is 27.5 Å². The predicted octanol–water partition coefficient (Wildman–Crippen LogP) is 4.52. The van der Waals surface area contributed by atoms with Crippen molar-refractivity contribution >= 4 is 33.5 Å². The molecule has 0 aliphatic rings. The number of benzene rings is 2. The number of halogens is 3. The number of rotatable bonds is 4. The smallest absolute Gasteiger partial charge is 0.338 e. The number of aromatic carboxylic acids is 1. The highest BCUT2D eigenvalue weighted by atomic mass is 79.9. The summed E-state index contributed by atoms with van der Waals surface area (Å²) >= 11 is 9.12. The van der Waals surface area contributed by atoms with Crippen molar-refractivity contribution in [2.45, 2.75) is 6.61 Å². The Morgan fingerprint density at radius 3 is 2.65 bits per heavy atom. The number of carboxylic acid groups (broad SMARTS) is 1. The summed E-state index contributed by atoms with van der Waals surface area (Å²) in [5.41, 5.74) is 0.177. The fourth-order valence-corrected chi connectivity index (χ4v) is 2.37. The minimum Gasteiger partial charge on any atom is -0.488 e. The van der Waals surface area contributed by atoms with Crippen molar-refractivity contribution in [3.05, 3.63) is 62.8 Å². The summed E-state index contributed by atoms with van der Waals surface area (Å²) in [5, 5.41) is 9.31. The van der Waals surface area contributed by atoms with E-state index in [1.165, 1.54) is 12.1 Å². The van der Waals surface area contributed by atoms with Gasteiger partial charge in [-0.2, -0.15) is 0 Å². The Kier molecular flexibility index (Phi) is 4.62. The second kappa shape index (κ2) is 6.24. The Labute approximate surface area is 128 Å². The van der Waals surface area contributed by atoms with Gasteiger partial charge in [0, 0.05) is 5.02 Å². The van der Waals surface area contributed by atoms with E-state index < -0.39 is 11.8 Å². The van der Waals surface area contributed by atoms with Crippen LogP contribution in [-0.4, -0.2) is 11.1 Å². The zero-order chi connectivity index (χ0) is 14.7.